The van der Waals surface area contributed by atoms with Crippen LogP contribution in [-0.2, 0) is 20.4 Å². The molecule has 1 saturated carbocycles. The van der Waals surface area contributed by atoms with Crippen LogP contribution in [0.3, 0.4) is 0 Å². The van der Waals surface area contributed by atoms with Crippen molar-refractivity contribution in [2.24, 2.45) is 17.8 Å². The zero-order valence-corrected chi connectivity index (χ0v) is 20.4. The molecule has 1 amide bonds. The second kappa shape index (κ2) is 11.6. The number of anilines is 1. The molecule has 1 N–H and O–H groups in total. The standard InChI is InChI=1S/C27H30F3NO5/c1-16(2)20-12-11-17(3)13-23(20)36-26(34)22-10-5-4-9-21(22)25(33)35-15-24(32)31-19-8-6-7-18(14-19)27(28,29)30/h4-10,14,16-17,20,23H,11-13,15H2,1-3H3,(H,31,32)/t17-,20+,23-/m1/s1. The summed E-state index contributed by atoms with van der Waals surface area (Å²) in [5.41, 5.74) is -1.03. The maximum Gasteiger partial charge on any atom is 0.416 e. The first-order valence-electron chi connectivity index (χ1n) is 11.9. The highest BCUT2D eigenvalue weighted by atomic mass is 19.4. The van der Waals surface area contributed by atoms with Crippen LogP contribution in [0.5, 0.6) is 0 Å². The molecule has 6 nitrogen and oxygen atoms in total. The van der Waals surface area contributed by atoms with Crippen LogP contribution in [0.15, 0.2) is 48.5 Å². The smallest absolute Gasteiger partial charge is 0.416 e. The number of esters is 2. The van der Waals surface area contributed by atoms with Gasteiger partial charge < -0.3 is 14.8 Å². The molecule has 1 aliphatic carbocycles. The fourth-order valence-electron chi connectivity index (χ4n) is 4.47. The van der Waals surface area contributed by atoms with Crippen molar-refractivity contribution in [2.45, 2.75) is 52.3 Å². The van der Waals surface area contributed by atoms with E-state index >= 15 is 0 Å². The number of ether oxygens (including phenoxy) is 2. The van der Waals surface area contributed by atoms with E-state index in [0.29, 0.717) is 11.8 Å². The van der Waals surface area contributed by atoms with E-state index in [1.165, 1.54) is 18.2 Å². The maximum atomic E-state index is 13.0. The molecule has 3 rings (SSSR count). The van der Waals surface area contributed by atoms with Gasteiger partial charge >= 0.3 is 18.1 Å². The summed E-state index contributed by atoms with van der Waals surface area (Å²) in [6.45, 7) is 5.57. The number of hydrogen-bond donors (Lipinski definition) is 1. The van der Waals surface area contributed by atoms with Gasteiger partial charge in [0.05, 0.1) is 16.7 Å². The molecule has 0 aliphatic heterocycles. The van der Waals surface area contributed by atoms with Crippen LogP contribution in [0.4, 0.5) is 18.9 Å². The molecule has 9 heteroatoms. The molecule has 0 spiro atoms. The lowest BCUT2D eigenvalue weighted by atomic mass is 9.75. The van der Waals surface area contributed by atoms with Gasteiger partial charge in [-0.25, -0.2) is 9.59 Å². The Kier molecular flexibility index (Phi) is 8.76. The summed E-state index contributed by atoms with van der Waals surface area (Å²) in [4.78, 5) is 37.8. The van der Waals surface area contributed by atoms with Crippen molar-refractivity contribution in [1.29, 1.82) is 0 Å². The van der Waals surface area contributed by atoms with Gasteiger partial charge in [-0.05, 0) is 60.9 Å². The molecule has 194 valence electrons. The third-order valence-corrected chi connectivity index (χ3v) is 6.39. The van der Waals surface area contributed by atoms with E-state index in [2.05, 4.69) is 26.1 Å². The molecule has 0 heterocycles. The number of carbonyl (C=O) groups excluding carboxylic acids is 3. The molecule has 0 unspecified atom stereocenters. The highest BCUT2D eigenvalue weighted by Gasteiger charge is 2.34. The molecule has 1 aliphatic rings. The van der Waals surface area contributed by atoms with Crippen LogP contribution < -0.4 is 5.32 Å². The third-order valence-electron chi connectivity index (χ3n) is 6.39. The summed E-state index contributed by atoms with van der Waals surface area (Å²) in [5.74, 6) is -1.39. The molecule has 2 aromatic carbocycles. The number of nitrogens with one attached hydrogen (secondary N) is 1. The number of carbonyl (C=O) groups is 3. The van der Waals surface area contributed by atoms with E-state index in [9.17, 15) is 27.6 Å². The highest BCUT2D eigenvalue weighted by Crippen LogP contribution is 2.36. The zero-order chi connectivity index (χ0) is 26.5. The van der Waals surface area contributed by atoms with Gasteiger partial charge in [0, 0.05) is 5.69 Å². The monoisotopic (exact) mass is 505 g/mol. The average molecular weight is 506 g/mol. The molecular formula is C27H30F3NO5. The molecule has 0 radical (unpaired) electrons. The number of benzene rings is 2. The Hall–Kier alpha value is -3.36. The van der Waals surface area contributed by atoms with Crippen molar-refractivity contribution >= 4 is 23.5 Å². The van der Waals surface area contributed by atoms with Gasteiger partial charge in [-0.3, -0.25) is 4.79 Å². The van der Waals surface area contributed by atoms with Gasteiger partial charge in [-0.2, -0.15) is 13.2 Å². The summed E-state index contributed by atoms with van der Waals surface area (Å²) < 4.78 is 49.4. The van der Waals surface area contributed by atoms with E-state index in [1.807, 2.05) is 0 Å². The van der Waals surface area contributed by atoms with E-state index in [1.54, 1.807) is 12.1 Å². The summed E-state index contributed by atoms with van der Waals surface area (Å²) in [7, 11) is 0. The number of amides is 1. The van der Waals surface area contributed by atoms with Crippen LogP contribution in [0.1, 0.15) is 66.3 Å². The predicted molar refractivity (Wildman–Crippen MR) is 127 cm³/mol. The highest BCUT2D eigenvalue weighted by molar-refractivity contribution is 6.04. The first-order chi connectivity index (χ1) is 17.0. The molecule has 0 saturated heterocycles. The van der Waals surface area contributed by atoms with Crippen molar-refractivity contribution in [3.05, 3.63) is 65.2 Å². The Bertz CT molecular complexity index is 1100. The zero-order valence-electron chi connectivity index (χ0n) is 20.4. The lowest BCUT2D eigenvalue weighted by Gasteiger charge is -2.36. The quantitative estimate of drug-likeness (QED) is 0.459. The molecule has 0 bridgehead atoms. The van der Waals surface area contributed by atoms with Crippen molar-refractivity contribution in [2.75, 3.05) is 11.9 Å². The topological polar surface area (TPSA) is 81.7 Å². The van der Waals surface area contributed by atoms with E-state index in [-0.39, 0.29) is 28.8 Å². The first-order valence-corrected chi connectivity index (χ1v) is 11.9. The van der Waals surface area contributed by atoms with Crippen LogP contribution in [0.2, 0.25) is 0 Å². The van der Waals surface area contributed by atoms with Crippen molar-refractivity contribution < 1.29 is 37.0 Å². The number of hydrogen-bond acceptors (Lipinski definition) is 5. The molecule has 0 aromatic heterocycles. The minimum Gasteiger partial charge on any atom is -0.458 e. The minimum atomic E-state index is -4.56. The van der Waals surface area contributed by atoms with Crippen molar-refractivity contribution in [1.82, 2.24) is 0 Å². The minimum absolute atomic E-state index is 0.0292. The van der Waals surface area contributed by atoms with Gasteiger partial charge in [-0.15, -0.1) is 0 Å². The molecule has 2 aromatic rings. The third kappa shape index (κ3) is 7.08. The van der Waals surface area contributed by atoms with Crippen LogP contribution in [0, 0.1) is 17.8 Å². The molecular weight excluding hydrogens is 475 g/mol. The molecule has 36 heavy (non-hydrogen) atoms. The normalized spacial score (nSPS) is 20.0. The molecule has 1 fully saturated rings. The number of halogens is 3. The largest absolute Gasteiger partial charge is 0.458 e. The van der Waals surface area contributed by atoms with E-state index in [4.69, 9.17) is 9.47 Å². The summed E-state index contributed by atoms with van der Waals surface area (Å²) in [6.07, 6.45) is -2.04. The first kappa shape index (κ1) is 27.2. The Morgan fingerprint density at radius 1 is 1.00 bits per heavy atom. The maximum absolute atomic E-state index is 13.0. The Morgan fingerprint density at radius 3 is 2.31 bits per heavy atom. The van der Waals surface area contributed by atoms with Crippen molar-refractivity contribution in [3.63, 3.8) is 0 Å². The van der Waals surface area contributed by atoms with Crippen LogP contribution in [0.25, 0.3) is 0 Å². The Balaban J connectivity index is 1.64. The lowest BCUT2D eigenvalue weighted by molar-refractivity contribution is -0.137. The average Bonchev–Trinajstić information content (AvgIpc) is 2.82. The summed E-state index contributed by atoms with van der Waals surface area (Å²) in [5, 5.41) is 2.26. The summed E-state index contributed by atoms with van der Waals surface area (Å²) in [6, 6.07) is 10.1. The van der Waals surface area contributed by atoms with Gasteiger partial charge in [0.1, 0.15) is 6.10 Å². The summed E-state index contributed by atoms with van der Waals surface area (Å²) >= 11 is 0. The second-order valence-electron chi connectivity index (χ2n) is 9.52. The Labute approximate surface area is 208 Å². The van der Waals surface area contributed by atoms with Gasteiger partial charge in [-0.1, -0.05) is 45.4 Å². The fourth-order valence-corrected chi connectivity index (χ4v) is 4.47. The van der Waals surface area contributed by atoms with Gasteiger partial charge in [0.15, 0.2) is 6.61 Å². The molecule has 3 atom stereocenters. The van der Waals surface area contributed by atoms with Crippen LogP contribution >= 0.6 is 0 Å². The SMILES string of the molecule is CC(C)[C@@H]1CC[C@@H](C)C[C@H]1OC(=O)c1ccccc1C(=O)OCC(=O)Nc1cccc(C(F)(F)F)c1. The van der Waals surface area contributed by atoms with Gasteiger partial charge in [0.25, 0.3) is 5.91 Å². The second-order valence-corrected chi connectivity index (χ2v) is 9.52. The van der Waals surface area contributed by atoms with Crippen molar-refractivity contribution in [3.8, 4) is 0 Å². The van der Waals surface area contributed by atoms with Gasteiger partial charge in [0.2, 0.25) is 0 Å². The Morgan fingerprint density at radius 2 is 1.67 bits per heavy atom. The fraction of sp³-hybridized carbons (Fsp3) is 0.444. The predicted octanol–water partition coefficient (Wildman–Crippen LogP) is 6.12. The van der Waals surface area contributed by atoms with Crippen LogP contribution in [-0.4, -0.2) is 30.6 Å². The van der Waals surface area contributed by atoms with E-state index < -0.39 is 36.2 Å². The number of alkyl halides is 3. The lowest BCUT2D eigenvalue weighted by Crippen LogP contribution is -2.36. The number of rotatable bonds is 7. The van der Waals surface area contributed by atoms with E-state index in [0.717, 1.165) is 37.5 Å².